The van der Waals surface area contributed by atoms with E-state index in [1.54, 1.807) is 32.9 Å². The molecule has 0 heterocycles. The van der Waals surface area contributed by atoms with Gasteiger partial charge < -0.3 is 4.74 Å². The van der Waals surface area contributed by atoms with Crippen LogP contribution in [0.2, 0.25) is 0 Å². The molecule has 0 fully saturated rings. The minimum Gasteiger partial charge on any atom is -0.460 e. The van der Waals surface area contributed by atoms with Gasteiger partial charge in [0.15, 0.2) is 0 Å². The van der Waals surface area contributed by atoms with Crippen LogP contribution in [0.15, 0.2) is 22.7 Å². The van der Waals surface area contributed by atoms with Crippen molar-refractivity contribution in [3.63, 3.8) is 0 Å². The fourth-order valence-electron chi connectivity index (χ4n) is 0.999. The molecular formula is C12H14BrFO2. The van der Waals surface area contributed by atoms with E-state index in [9.17, 15) is 9.18 Å². The van der Waals surface area contributed by atoms with E-state index in [-0.39, 0.29) is 18.4 Å². The third-order valence-electron chi connectivity index (χ3n) is 1.99. The highest BCUT2D eigenvalue weighted by Crippen LogP contribution is 2.19. The molecule has 16 heavy (non-hydrogen) atoms. The quantitative estimate of drug-likeness (QED) is 0.776. The molecule has 0 saturated heterocycles. The zero-order valence-corrected chi connectivity index (χ0v) is 11.1. The Bertz CT molecular complexity index is 396. The van der Waals surface area contributed by atoms with Gasteiger partial charge in [0.25, 0.3) is 0 Å². The first kappa shape index (κ1) is 13.2. The van der Waals surface area contributed by atoms with E-state index in [1.165, 1.54) is 6.07 Å². The first-order valence-corrected chi connectivity index (χ1v) is 5.71. The highest BCUT2D eigenvalue weighted by molar-refractivity contribution is 9.10. The second kappa shape index (κ2) is 4.95. The lowest BCUT2D eigenvalue weighted by Gasteiger charge is -2.16. The number of halogens is 2. The van der Waals surface area contributed by atoms with E-state index in [0.29, 0.717) is 10.0 Å². The van der Waals surface area contributed by atoms with Crippen LogP contribution in [0.25, 0.3) is 0 Å². The summed E-state index contributed by atoms with van der Waals surface area (Å²) in [5.74, 6) is -0.717. The Kier molecular flexibility index (Phi) is 4.08. The summed E-state index contributed by atoms with van der Waals surface area (Å²) in [5.41, 5.74) is -0.188. The van der Waals surface area contributed by atoms with Crippen molar-refractivity contribution < 1.29 is 13.9 Å². The highest BCUT2D eigenvalue weighted by atomic mass is 79.9. The molecule has 0 aliphatic carbocycles. The molecule has 0 N–H and O–H groups in total. The van der Waals surface area contributed by atoms with Gasteiger partial charge in [-0.2, -0.15) is 0 Å². The van der Waals surface area contributed by atoms with Crippen molar-refractivity contribution in [2.24, 2.45) is 5.41 Å². The van der Waals surface area contributed by atoms with Crippen molar-refractivity contribution in [1.82, 2.24) is 0 Å². The standard InChI is InChI=1S/C12H14BrFO2/c1-12(2,3)11(15)16-7-8-4-5-9(13)6-10(8)14/h4-6H,7H2,1-3H3. The number of hydrogen-bond donors (Lipinski definition) is 0. The Morgan fingerprint density at radius 3 is 2.56 bits per heavy atom. The van der Waals surface area contributed by atoms with Gasteiger partial charge in [-0.05, 0) is 32.9 Å². The van der Waals surface area contributed by atoms with Gasteiger partial charge in [0.2, 0.25) is 0 Å². The molecule has 0 amide bonds. The maximum absolute atomic E-state index is 13.4. The SMILES string of the molecule is CC(C)(C)C(=O)OCc1ccc(Br)cc1F. The van der Waals surface area contributed by atoms with E-state index in [2.05, 4.69) is 15.9 Å². The number of ether oxygens (including phenoxy) is 1. The van der Waals surface area contributed by atoms with Gasteiger partial charge in [-0.15, -0.1) is 0 Å². The summed E-state index contributed by atoms with van der Waals surface area (Å²) in [6.45, 7) is 5.24. The molecule has 1 aromatic carbocycles. The molecule has 0 aliphatic heterocycles. The third kappa shape index (κ3) is 3.59. The van der Waals surface area contributed by atoms with E-state index in [0.717, 1.165) is 0 Å². The topological polar surface area (TPSA) is 26.3 Å². The molecule has 0 aromatic heterocycles. The Labute approximate surface area is 103 Å². The molecular weight excluding hydrogens is 275 g/mol. The fraction of sp³-hybridized carbons (Fsp3) is 0.417. The van der Waals surface area contributed by atoms with Gasteiger partial charge in [0.05, 0.1) is 5.41 Å². The maximum Gasteiger partial charge on any atom is 0.311 e. The van der Waals surface area contributed by atoms with Crippen molar-refractivity contribution in [3.8, 4) is 0 Å². The summed E-state index contributed by atoms with van der Waals surface area (Å²) < 4.78 is 19.1. The molecule has 0 atom stereocenters. The Morgan fingerprint density at radius 1 is 1.44 bits per heavy atom. The second-order valence-electron chi connectivity index (χ2n) is 4.56. The van der Waals surface area contributed by atoms with E-state index >= 15 is 0 Å². The number of esters is 1. The summed E-state index contributed by atoms with van der Waals surface area (Å²) in [7, 11) is 0. The average Bonchev–Trinajstić information content (AvgIpc) is 2.14. The smallest absolute Gasteiger partial charge is 0.311 e. The van der Waals surface area contributed by atoms with Crippen molar-refractivity contribution in [2.45, 2.75) is 27.4 Å². The number of carbonyl (C=O) groups is 1. The van der Waals surface area contributed by atoms with E-state index in [4.69, 9.17) is 4.74 Å². The van der Waals surface area contributed by atoms with Crippen molar-refractivity contribution in [3.05, 3.63) is 34.1 Å². The molecule has 0 aliphatic rings. The molecule has 0 radical (unpaired) electrons. The predicted octanol–water partition coefficient (Wildman–Crippen LogP) is 3.68. The number of rotatable bonds is 2. The average molecular weight is 289 g/mol. The normalized spacial score (nSPS) is 11.3. The first-order chi connectivity index (χ1) is 7.30. The van der Waals surface area contributed by atoms with Crippen LogP contribution in [0, 0.1) is 11.2 Å². The molecule has 2 nitrogen and oxygen atoms in total. The zero-order chi connectivity index (χ0) is 12.3. The molecule has 4 heteroatoms. The van der Waals surface area contributed by atoms with Crippen LogP contribution in [-0.4, -0.2) is 5.97 Å². The largest absolute Gasteiger partial charge is 0.460 e. The first-order valence-electron chi connectivity index (χ1n) is 4.92. The molecule has 1 aromatic rings. The van der Waals surface area contributed by atoms with Gasteiger partial charge in [-0.25, -0.2) is 4.39 Å². The minimum absolute atomic E-state index is 0.0325. The van der Waals surface area contributed by atoms with Gasteiger partial charge in [0.1, 0.15) is 12.4 Å². The van der Waals surface area contributed by atoms with Crippen molar-refractivity contribution in [2.75, 3.05) is 0 Å². The molecule has 0 bridgehead atoms. The van der Waals surface area contributed by atoms with E-state index < -0.39 is 5.41 Å². The molecule has 0 unspecified atom stereocenters. The van der Waals surface area contributed by atoms with Gasteiger partial charge in [-0.3, -0.25) is 4.79 Å². The molecule has 0 saturated carbocycles. The van der Waals surface area contributed by atoms with Crippen LogP contribution in [0.3, 0.4) is 0 Å². The van der Waals surface area contributed by atoms with Crippen molar-refractivity contribution in [1.29, 1.82) is 0 Å². The highest BCUT2D eigenvalue weighted by Gasteiger charge is 2.23. The van der Waals surface area contributed by atoms with Crippen LogP contribution in [0.1, 0.15) is 26.3 Å². The summed E-state index contributed by atoms with van der Waals surface area (Å²) in [4.78, 5) is 11.5. The third-order valence-corrected chi connectivity index (χ3v) is 2.48. The lowest BCUT2D eigenvalue weighted by molar-refractivity contribution is -0.154. The van der Waals surface area contributed by atoms with E-state index in [1.807, 2.05) is 0 Å². The van der Waals surface area contributed by atoms with Crippen LogP contribution in [-0.2, 0) is 16.1 Å². The van der Waals surface area contributed by atoms with Gasteiger partial charge in [0, 0.05) is 10.0 Å². The monoisotopic (exact) mass is 288 g/mol. The number of hydrogen-bond acceptors (Lipinski definition) is 2. The predicted molar refractivity (Wildman–Crippen MR) is 63.4 cm³/mol. The summed E-state index contributed by atoms with van der Waals surface area (Å²) >= 11 is 3.16. The maximum atomic E-state index is 13.4. The summed E-state index contributed by atoms with van der Waals surface area (Å²) in [6.07, 6.45) is 0. The molecule has 1 rings (SSSR count). The van der Waals surface area contributed by atoms with Gasteiger partial charge in [-0.1, -0.05) is 22.0 Å². The second-order valence-corrected chi connectivity index (χ2v) is 5.48. The number of benzene rings is 1. The van der Waals surface area contributed by atoms with Gasteiger partial charge >= 0.3 is 5.97 Å². The van der Waals surface area contributed by atoms with Crippen molar-refractivity contribution >= 4 is 21.9 Å². The summed E-state index contributed by atoms with van der Waals surface area (Å²) in [6, 6.07) is 4.65. The van der Waals surface area contributed by atoms with Crippen LogP contribution < -0.4 is 0 Å². The molecule has 0 spiro atoms. The Morgan fingerprint density at radius 2 is 2.06 bits per heavy atom. The zero-order valence-electron chi connectivity index (χ0n) is 9.51. The van der Waals surface area contributed by atoms with Crippen LogP contribution in [0.4, 0.5) is 4.39 Å². The molecule has 88 valence electrons. The van der Waals surface area contributed by atoms with Crippen LogP contribution in [0.5, 0.6) is 0 Å². The van der Waals surface area contributed by atoms with Crippen LogP contribution >= 0.6 is 15.9 Å². The Balaban J connectivity index is 2.65. The number of carbonyl (C=O) groups excluding carboxylic acids is 1. The summed E-state index contributed by atoms with van der Waals surface area (Å²) in [5, 5.41) is 0. The minimum atomic E-state index is -0.564. The lowest BCUT2D eigenvalue weighted by atomic mass is 9.97. The Hall–Kier alpha value is -0.900. The lowest BCUT2D eigenvalue weighted by Crippen LogP contribution is -2.22. The fourth-order valence-corrected chi connectivity index (χ4v) is 1.33.